The summed E-state index contributed by atoms with van der Waals surface area (Å²) in [5, 5.41) is 0. The number of ketones is 1. The third-order valence-electron chi connectivity index (χ3n) is 7.24. The molecule has 0 saturated carbocycles. The number of Topliss-reactive ketones (excluding diaryl/α,β-unsaturated/α-hetero) is 1. The van der Waals surface area contributed by atoms with Gasteiger partial charge in [0, 0.05) is 61.8 Å². The van der Waals surface area contributed by atoms with Crippen molar-refractivity contribution in [2.45, 2.75) is 48.5 Å². The van der Waals surface area contributed by atoms with Crippen molar-refractivity contribution in [1.82, 2.24) is 4.90 Å². The Kier molecular flexibility index (Phi) is 9.33. The average molecular weight is 474 g/mol. The Labute approximate surface area is 212 Å². The zero-order valence-corrected chi connectivity index (χ0v) is 22.8. The van der Waals surface area contributed by atoms with E-state index in [1.807, 2.05) is 0 Å². The van der Waals surface area contributed by atoms with Crippen LogP contribution >= 0.6 is 0 Å². The van der Waals surface area contributed by atoms with E-state index in [1.54, 1.807) is 0 Å². The summed E-state index contributed by atoms with van der Waals surface area (Å²) >= 11 is 0. The van der Waals surface area contributed by atoms with E-state index in [0.29, 0.717) is 13.1 Å². The monoisotopic (exact) mass is 473 g/mol. The minimum Gasteiger partial charge on any atom is -0.372 e. The molecule has 0 N–H and O–H groups in total. The molecule has 3 rings (SSSR count). The number of hydrogen-bond donors (Lipinski definition) is 0. The normalized spacial score (nSPS) is 16.8. The minimum atomic E-state index is 0.175. The first-order valence-electron chi connectivity index (χ1n) is 13.2. The molecule has 0 spiro atoms. The summed E-state index contributed by atoms with van der Waals surface area (Å²) < 4.78 is 0. The molecule has 1 fully saturated rings. The van der Waals surface area contributed by atoms with Crippen molar-refractivity contribution >= 4 is 29.3 Å². The second kappa shape index (κ2) is 12.2. The number of likely N-dealkylation sites (tertiary alicyclic amines) is 1. The molecule has 0 aliphatic carbocycles. The average Bonchev–Trinajstić information content (AvgIpc) is 2.85. The van der Waals surface area contributed by atoms with Gasteiger partial charge in [0.1, 0.15) is 0 Å². The van der Waals surface area contributed by atoms with Crippen LogP contribution in [0.4, 0.5) is 11.4 Å². The second-order valence-electron chi connectivity index (χ2n) is 9.40. The molecule has 0 aromatic heterocycles. The van der Waals surface area contributed by atoms with Crippen molar-refractivity contribution in [3.63, 3.8) is 0 Å². The van der Waals surface area contributed by atoms with Crippen LogP contribution < -0.4 is 9.80 Å². The van der Waals surface area contributed by atoms with Crippen molar-refractivity contribution in [2.24, 2.45) is 0 Å². The highest BCUT2D eigenvalue weighted by atomic mass is 16.1. The molecule has 2 aromatic carbocycles. The number of aryl methyl sites for hydroxylation is 2. The van der Waals surface area contributed by atoms with Crippen LogP contribution in [0.25, 0.3) is 12.2 Å². The van der Waals surface area contributed by atoms with Crippen LogP contribution in [-0.2, 0) is 4.79 Å². The maximum Gasteiger partial charge on any atom is 0.187 e. The third kappa shape index (κ3) is 6.24. The van der Waals surface area contributed by atoms with Gasteiger partial charge < -0.3 is 9.80 Å². The van der Waals surface area contributed by atoms with Gasteiger partial charge in [0.2, 0.25) is 0 Å². The highest BCUT2D eigenvalue weighted by Gasteiger charge is 2.25. The molecular weight excluding hydrogens is 430 g/mol. The van der Waals surface area contributed by atoms with E-state index in [1.165, 1.54) is 22.5 Å². The van der Waals surface area contributed by atoms with E-state index in [0.717, 1.165) is 55.0 Å². The Hall–Kier alpha value is -2.85. The van der Waals surface area contributed by atoms with Gasteiger partial charge in [-0.05, 0) is 107 Å². The summed E-state index contributed by atoms with van der Waals surface area (Å²) in [7, 11) is 0. The van der Waals surface area contributed by atoms with Crippen LogP contribution in [0.2, 0.25) is 0 Å². The molecule has 2 aromatic rings. The van der Waals surface area contributed by atoms with Gasteiger partial charge >= 0.3 is 0 Å². The number of likely N-dealkylation sites (N-methyl/N-ethyl adjacent to an activating group) is 1. The lowest BCUT2D eigenvalue weighted by atomic mass is 9.92. The molecule has 1 aliphatic heterocycles. The van der Waals surface area contributed by atoms with Gasteiger partial charge in [0.05, 0.1) is 0 Å². The number of nitrogens with zero attached hydrogens (tertiary/aromatic N) is 3. The number of carbonyl (C=O) groups excluding carboxylic acids is 1. The molecule has 0 amide bonds. The number of benzene rings is 2. The second-order valence-corrected chi connectivity index (χ2v) is 9.40. The van der Waals surface area contributed by atoms with Crippen molar-refractivity contribution in [3.8, 4) is 0 Å². The first-order chi connectivity index (χ1) is 16.8. The Morgan fingerprint density at radius 2 is 1.11 bits per heavy atom. The summed E-state index contributed by atoms with van der Waals surface area (Å²) in [6.07, 6.45) is 4.21. The molecule has 1 heterocycles. The highest BCUT2D eigenvalue weighted by Crippen LogP contribution is 2.27. The fraction of sp³-hybridized carbons (Fsp3) is 0.452. The molecule has 1 saturated heterocycles. The van der Waals surface area contributed by atoms with Gasteiger partial charge in [0.25, 0.3) is 0 Å². The number of rotatable bonds is 9. The Morgan fingerprint density at radius 1 is 0.714 bits per heavy atom. The first-order valence-corrected chi connectivity index (χ1v) is 13.2. The standard InChI is InChI=1S/C31H43N3O/c1-8-32-21-27(19-25-13-15-29(17-23(25)6)33(9-2)10-3)31(35)28(22-32)20-26-14-16-30(18-24(26)7)34(11-4)12-5/h13-20H,8-12,21-22H2,1-7H3. The van der Waals surface area contributed by atoms with E-state index in [2.05, 4.69) is 112 Å². The molecule has 0 atom stereocenters. The molecule has 0 unspecified atom stereocenters. The van der Waals surface area contributed by atoms with Gasteiger partial charge in [0.15, 0.2) is 5.78 Å². The summed E-state index contributed by atoms with van der Waals surface area (Å²) in [5.41, 5.74) is 8.89. The summed E-state index contributed by atoms with van der Waals surface area (Å²) in [4.78, 5) is 20.6. The van der Waals surface area contributed by atoms with Gasteiger partial charge in [-0.2, -0.15) is 0 Å². The quantitative estimate of drug-likeness (QED) is 0.396. The van der Waals surface area contributed by atoms with Crippen LogP contribution in [-0.4, -0.2) is 56.5 Å². The molecule has 188 valence electrons. The highest BCUT2D eigenvalue weighted by molar-refractivity contribution is 6.14. The maximum absolute atomic E-state index is 13.6. The fourth-order valence-corrected chi connectivity index (χ4v) is 4.92. The summed E-state index contributed by atoms with van der Waals surface area (Å²) in [6, 6.07) is 13.1. The summed E-state index contributed by atoms with van der Waals surface area (Å²) in [5.74, 6) is 0.175. The molecule has 0 bridgehead atoms. The minimum absolute atomic E-state index is 0.175. The van der Waals surface area contributed by atoms with Crippen LogP contribution in [0.5, 0.6) is 0 Å². The number of carbonyl (C=O) groups is 1. The topological polar surface area (TPSA) is 26.8 Å². The lowest BCUT2D eigenvalue weighted by Gasteiger charge is -2.29. The fourth-order valence-electron chi connectivity index (χ4n) is 4.92. The molecule has 35 heavy (non-hydrogen) atoms. The zero-order valence-electron chi connectivity index (χ0n) is 22.8. The van der Waals surface area contributed by atoms with Gasteiger partial charge in [-0.3, -0.25) is 9.69 Å². The van der Waals surface area contributed by atoms with E-state index in [9.17, 15) is 4.79 Å². The van der Waals surface area contributed by atoms with Gasteiger partial charge in [-0.25, -0.2) is 0 Å². The summed E-state index contributed by atoms with van der Waals surface area (Å²) in [6.45, 7) is 21.4. The van der Waals surface area contributed by atoms with Gasteiger partial charge in [-0.15, -0.1) is 0 Å². The van der Waals surface area contributed by atoms with E-state index in [4.69, 9.17) is 0 Å². The molecular formula is C31H43N3O. The lowest BCUT2D eigenvalue weighted by molar-refractivity contribution is -0.113. The predicted octanol–water partition coefficient (Wildman–Crippen LogP) is 6.37. The lowest BCUT2D eigenvalue weighted by Crippen LogP contribution is -2.37. The molecule has 1 aliphatic rings. The smallest absolute Gasteiger partial charge is 0.187 e. The van der Waals surface area contributed by atoms with E-state index < -0.39 is 0 Å². The number of anilines is 2. The van der Waals surface area contributed by atoms with Crippen LogP contribution in [0.15, 0.2) is 47.5 Å². The van der Waals surface area contributed by atoms with Crippen molar-refractivity contribution < 1.29 is 4.79 Å². The Balaban J connectivity index is 1.93. The molecule has 4 nitrogen and oxygen atoms in total. The van der Waals surface area contributed by atoms with Crippen LogP contribution in [0.1, 0.15) is 56.9 Å². The van der Waals surface area contributed by atoms with Crippen LogP contribution in [0, 0.1) is 13.8 Å². The number of piperidine rings is 1. The maximum atomic E-state index is 13.6. The van der Waals surface area contributed by atoms with Crippen molar-refractivity contribution in [2.75, 3.05) is 55.6 Å². The van der Waals surface area contributed by atoms with Crippen molar-refractivity contribution in [3.05, 3.63) is 69.8 Å². The SMILES string of the molecule is CCN1CC(=Cc2ccc(N(CC)CC)cc2C)C(=O)C(=Cc2ccc(N(CC)CC)cc2C)C1. The molecule has 0 radical (unpaired) electrons. The van der Waals surface area contributed by atoms with Crippen molar-refractivity contribution in [1.29, 1.82) is 0 Å². The van der Waals surface area contributed by atoms with Gasteiger partial charge in [-0.1, -0.05) is 19.1 Å². The Morgan fingerprint density at radius 3 is 1.43 bits per heavy atom. The van der Waals surface area contributed by atoms with E-state index >= 15 is 0 Å². The number of hydrogen-bond acceptors (Lipinski definition) is 4. The van der Waals surface area contributed by atoms with E-state index in [-0.39, 0.29) is 5.78 Å². The third-order valence-corrected chi connectivity index (χ3v) is 7.24. The van der Waals surface area contributed by atoms with Crippen LogP contribution in [0.3, 0.4) is 0 Å². The zero-order chi connectivity index (χ0) is 25.5. The largest absolute Gasteiger partial charge is 0.372 e. The molecule has 4 heteroatoms. The predicted molar refractivity (Wildman–Crippen MR) is 153 cm³/mol. The Bertz CT molecular complexity index is 1010. The first kappa shape index (κ1) is 26.7.